The molecule has 13 amide bonds. The van der Waals surface area contributed by atoms with E-state index in [1.807, 2.05) is 0 Å². The topological polar surface area (TPSA) is 610 Å². The maximum Gasteiger partial charge on any atom is 0.305 e. The first-order chi connectivity index (χ1) is 41.7. The summed E-state index contributed by atoms with van der Waals surface area (Å²) in [6, 6.07) is -18.2. The van der Waals surface area contributed by atoms with Gasteiger partial charge in [-0.05, 0) is 44.9 Å². The third kappa shape index (κ3) is 26.0. The van der Waals surface area contributed by atoms with Crippen molar-refractivity contribution >= 4 is 138 Å². The molecule has 0 aromatic carbocycles. The predicted octanol–water partition coefficient (Wildman–Crippen LogP) is -9.30. The van der Waals surface area contributed by atoms with Crippen molar-refractivity contribution in [2.24, 2.45) is 50.1 Å². The number of aliphatic imine (C=N–C) groups is 2. The number of carboxylic acids is 1. The van der Waals surface area contributed by atoms with Gasteiger partial charge in [-0.1, -0.05) is 62.9 Å². The van der Waals surface area contributed by atoms with E-state index in [2.05, 4.69) is 63.2 Å². The molecule has 0 aliphatic carbocycles. The smallest absolute Gasteiger partial charge is 0.305 e. The summed E-state index contributed by atoms with van der Waals surface area (Å²) in [5.41, 5.74) is 39.0. The van der Waals surface area contributed by atoms with Crippen molar-refractivity contribution in [2.45, 2.75) is 144 Å². The summed E-state index contributed by atoms with van der Waals surface area (Å²) in [4.78, 5) is 202. The van der Waals surface area contributed by atoms with Crippen LogP contribution in [0.2, 0.25) is 0 Å². The molecule has 26 N–H and O–H groups in total. The van der Waals surface area contributed by atoms with Gasteiger partial charge >= 0.3 is 5.97 Å². The van der Waals surface area contributed by atoms with Crippen molar-refractivity contribution in [1.82, 2.24) is 58.1 Å². The average Bonchev–Trinajstić information content (AvgIpc) is 4.18. The molecule has 0 unspecified atom stereocenters. The molecule has 2 bridgehead atoms. The Balaban J connectivity index is 2.37. The molecule has 40 heteroatoms. The fourth-order valence-corrected chi connectivity index (χ4v) is 13.3. The molecular weight excluding hydrogens is 1240 g/mol. The van der Waals surface area contributed by atoms with Crippen molar-refractivity contribution < 1.29 is 77.3 Å². The van der Waals surface area contributed by atoms with Gasteiger partial charge in [-0.3, -0.25) is 77.1 Å². The highest BCUT2D eigenvalue weighted by atomic mass is 33.1. The van der Waals surface area contributed by atoms with Crippen LogP contribution in [0.25, 0.3) is 0 Å². The molecule has 3 aliphatic rings. The number of primary amides is 2. The lowest BCUT2D eigenvalue weighted by Gasteiger charge is -2.30. The van der Waals surface area contributed by atoms with Crippen LogP contribution in [0.4, 0.5) is 0 Å². The first-order valence-electron chi connectivity index (χ1n) is 27.7. The van der Waals surface area contributed by atoms with Gasteiger partial charge in [0.05, 0.1) is 26.0 Å². The normalized spacial score (nSPS) is 26.5. The molecule has 36 nitrogen and oxygen atoms in total. The molecule has 0 aromatic heterocycles. The molecular formula is C48H80N20O16S4. The molecule has 3 rings (SSSR count). The van der Waals surface area contributed by atoms with Crippen LogP contribution in [-0.2, 0) is 67.1 Å². The number of nitrogens with zero attached hydrogens (tertiary/aromatic N) is 3. The molecule has 88 heavy (non-hydrogen) atoms. The Bertz CT molecular complexity index is 2590. The van der Waals surface area contributed by atoms with Crippen LogP contribution in [0, 0.1) is 0 Å². The number of fused-ring (bicyclic) bond motifs is 9. The van der Waals surface area contributed by atoms with Crippen molar-refractivity contribution in [2.75, 3.05) is 55.8 Å². The number of carbonyl (C=O) groups excluding carboxylic acids is 13. The van der Waals surface area contributed by atoms with Gasteiger partial charge in [0.1, 0.15) is 66.5 Å². The number of nitrogens with two attached hydrogens (primary N) is 7. The number of hydrogen-bond acceptors (Lipinski definition) is 22. The van der Waals surface area contributed by atoms with Crippen LogP contribution in [0.15, 0.2) is 9.98 Å². The molecule has 11 atom stereocenters. The fraction of sp³-hybridized carbons (Fsp3) is 0.667. The number of aliphatic hydroxyl groups excluding tert-OH is 1. The zero-order chi connectivity index (χ0) is 65.6. The largest absolute Gasteiger partial charge is 0.481 e. The molecule has 0 saturated carbocycles. The zero-order valence-corrected chi connectivity index (χ0v) is 51.4. The van der Waals surface area contributed by atoms with Crippen molar-refractivity contribution in [3.8, 4) is 0 Å². The van der Waals surface area contributed by atoms with Crippen LogP contribution in [-0.4, -0.2) is 232 Å². The van der Waals surface area contributed by atoms with Crippen molar-refractivity contribution in [3.63, 3.8) is 0 Å². The van der Waals surface area contributed by atoms with E-state index in [-0.39, 0.29) is 88.0 Å². The third-order valence-electron chi connectivity index (χ3n) is 13.2. The SMILES string of the molecule is CCCC[C@@H]1NC(=O)[C@H](CCCN=C(N)N)NC(=O)[C@H](CC(N)=O)NC(=O)[C@@H]2CSSC[C@H](NC(=O)CN)C(=O)N[C@@H](CSSC[C@@H](C(N)=O)NC1=O)C(=O)N[C@@H](CO)C(=O)N[C@@H](CC(=O)O)C(=O)N1CCC[C@H]1C(=O)N[C@@H](CCCN=C(N)N)C(=O)N2. The second-order valence-electron chi connectivity index (χ2n) is 20.1. The number of amides is 13. The van der Waals surface area contributed by atoms with Crippen LogP contribution >= 0.6 is 43.2 Å². The number of hydrogen-bond donors (Lipinski definition) is 19. The number of guanidine groups is 2. The number of nitrogens with one attached hydrogen (secondary N) is 10. The van der Waals surface area contributed by atoms with E-state index in [1.54, 1.807) is 6.92 Å². The van der Waals surface area contributed by atoms with Gasteiger partial charge in [0.2, 0.25) is 76.8 Å². The van der Waals surface area contributed by atoms with Crippen molar-refractivity contribution in [1.29, 1.82) is 0 Å². The molecule has 3 aliphatic heterocycles. The highest BCUT2D eigenvalue weighted by Crippen LogP contribution is 2.26. The van der Waals surface area contributed by atoms with E-state index in [0.29, 0.717) is 12.8 Å². The molecule has 3 heterocycles. The molecule has 3 fully saturated rings. The standard InChI is InChI=1S/C48H80N20O16S4/c1-2-3-7-22-38(76)65-28(36(51)74)18-85-87-21-31-44(82)64-27(17-69)41(79)63-26(15-35(72)73)46(84)68-13-6-10-32(68)45(83)61-24(9-5-12-57-48(54)55)39(77)66-30(20-88-86-19-29(42(80)67-31)58-34(71)16-49)43(81)62-25(14-33(50)70)40(78)60-23(37(75)59-22)8-4-11-56-47(52)53/h22-32,69H,2-21,49H2,1H3,(H2,50,70)(H2,51,74)(H,58,71)(H,59,75)(H,60,78)(H,61,83)(H,62,81)(H,63,79)(H,64,82)(H,65,76)(H,66,77)(H,67,80)(H,72,73)(H4,52,53,56)(H4,54,55,57)/t22-,23-,24-,25-,26-,27-,28-,29-,30-,31-,32-/m0/s1. The monoisotopic (exact) mass is 1320 g/mol. The van der Waals surface area contributed by atoms with E-state index in [1.165, 1.54) is 0 Å². The molecule has 0 spiro atoms. The first kappa shape index (κ1) is 74.7. The van der Waals surface area contributed by atoms with Gasteiger partial charge in [-0.2, -0.15) is 0 Å². The zero-order valence-electron chi connectivity index (χ0n) is 48.1. The Labute approximate surface area is 520 Å². The van der Waals surface area contributed by atoms with E-state index in [0.717, 1.165) is 48.1 Å². The molecule has 0 aromatic rings. The fourth-order valence-electron chi connectivity index (χ4n) is 8.61. The second-order valence-corrected chi connectivity index (χ2v) is 25.2. The first-order valence-corrected chi connectivity index (χ1v) is 32.7. The average molecular weight is 1320 g/mol. The molecule has 3 saturated heterocycles. The van der Waals surface area contributed by atoms with E-state index in [4.69, 9.17) is 40.1 Å². The number of carboxylic acid groups (broad SMARTS) is 1. The minimum Gasteiger partial charge on any atom is -0.481 e. The minimum atomic E-state index is -1.95. The maximum absolute atomic E-state index is 14.7. The molecule has 492 valence electrons. The number of unbranched alkanes of at least 4 members (excludes halogenated alkanes) is 1. The van der Waals surface area contributed by atoms with Gasteiger partial charge in [-0.25, -0.2) is 0 Å². The van der Waals surface area contributed by atoms with E-state index in [9.17, 15) is 77.3 Å². The lowest BCUT2D eigenvalue weighted by molar-refractivity contribution is -0.146. The van der Waals surface area contributed by atoms with E-state index >= 15 is 0 Å². The minimum absolute atomic E-state index is 0.00382. The van der Waals surface area contributed by atoms with Crippen LogP contribution in [0.3, 0.4) is 0 Å². The Kier molecular flexibility index (Phi) is 32.8. The number of rotatable bonds is 19. The van der Waals surface area contributed by atoms with Crippen LogP contribution < -0.4 is 93.3 Å². The lowest BCUT2D eigenvalue weighted by Crippen LogP contribution is -2.61. The van der Waals surface area contributed by atoms with Gasteiger partial charge in [0, 0.05) is 42.6 Å². The molecule has 0 radical (unpaired) electrons. The maximum atomic E-state index is 14.7. The summed E-state index contributed by atoms with van der Waals surface area (Å²) in [5.74, 6) is -17.7. The Morgan fingerprint density at radius 1 is 0.557 bits per heavy atom. The van der Waals surface area contributed by atoms with Crippen molar-refractivity contribution in [3.05, 3.63) is 0 Å². The van der Waals surface area contributed by atoms with Gasteiger partial charge in [0.25, 0.3) is 0 Å². The summed E-state index contributed by atoms with van der Waals surface area (Å²) in [5, 5.41) is 44.8. The van der Waals surface area contributed by atoms with Gasteiger partial charge < -0.3 is 108 Å². The number of carbonyl (C=O) groups is 14. The van der Waals surface area contributed by atoms with Gasteiger partial charge in [-0.15, -0.1) is 0 Å². The Hall–Kier alpha value is -7.56. The Morgan fingerprint density at radius 2 is 1.01 bits per heavy atom. The number of aliphatic hydroxyl groups is 1. The highest BCUT2D eigenvalue weighted by Gasteiger charge is 2.42. The summed E-state index contributed by atoms with van der Waals surface area (Å²) < 4.78 is 0. The predicted molar refractivity (Wildman–Crippen MR) is 325 cm³/mol. The quantitative estimate of drug-likeness (QED) is 0.0247. The lowest BCUT2D eigenvalue weighted by atomic mass is 10.0. The Morgan fingerprint density at radius 3 is 1.52 bits per heavy atom. The third-order valence-corrected chi connectivity index (χ3v) is 18.0. The summed E-state index contributed by atoms with van der Waals surface area (Å²) in [7, 11) is 3.31. The highest BCUT2D eigenvalue weighted by molar-refractivity contribution is 8.77. The number of aliphatic carboxylic acids is 1. The summed E-state index contributed by atoms with van der Waals surface area (Å²) in [6.07, 6.45) is -1.51. The van der Waals surface area contributed by atoms with Crippen LogP contribution in [0.1, 0.15) is 77.6 Å². The summed E-state index contributed by atoms with van der Waals surface area (Å²) in [6.45, 7) is -0.350. The summed E-state index contributed by atoms with van der Waals surface area (Å²) >= 11 is 0. The van der Waals surface area contributed by atoms with Crippen LogP contribution in [0.5, 0.6) is 0 Å². The van der Waals surface area contributed by atoms with E-state index < -0.39 is 187 Å². The second kappa shape index (κ2) is 38.7. The van der Waals surface area contributed by atoms with Gasteiger partial charge in [0.15, 0.2) is 11.9 Å².